The Balaban J connectivity index is 0.000000131. The minimum atomic E-state index is 0.0759. The van der Waals surface area contributed by atoms with Crippen molar-refractivity contribution >= 4 is 69.6 Å². The van der Waals surface area contributed by atoms with E-state index in [1.54, 1.807) is 27.7 Å². The number of likely N-dealkylation sites (tertiary alicyclic amines) is 1. The van der Waals surface area contributed by atoms with Gasteiger partial charge in [0.25, 0.3) is 0 Å². The highest BCUT2D eigenvalue weighted by atomic mass is 16.2. The van der Waals surface area contributed by atoms with E-state index in [2.05, 4.69) is 157 Å². The highest BCUT2D eigenvalue weighted by Gasteiger charge is 2.35. The normalized spacial score (nSPS) is 17.6. The van der Waals surface area contributed by atoms with E-state index < -0.39 is 0 Å². The van der Waals surface area contributed by atoms with Crippen LogP contribution in [0.1, 0.15) is 159 Å². The fraction of sp³-hybridized carbons (Fsp3) is 0.494. The molecule has 4 aromatic carbocycles. The summed E-state index contributed by atoms with van der Waals surface area (Å²) in [6, 6.07) is 35.8. The van der Waals surface area contributed by atoms with Gasteiger partial charge in [0.2, 0.25) is 23.6 Å². The fourth-order valence-corrected chi connectivity index (χ4v) is 15.5. The Morgan fingerprint density at radius 2 is 0.837 bits per heavy atom. The van der Waals surface area contributed by atoms with Crippen LogP contribution in [0, 0.1) is 50.9 Å². The Morgan fingerprint density at radius 3 is 1.19 bits per heavy atom. The number of carbonyl (C=O) groups is 4. The molecule has 2 unspecified atom stereocenters. The SMILES string of the molecule is CC(=O)N1CCc2c(c(Nc3cccc(C)c3)nn2C2CC2)C1.CC(=O)N1CCc2c(c(Nc3cccc(C)c3)nn2CCC#N)C1.CC(=O)N1CCc2c(c(Nc3cccc(C)c3)nn2CCC2CCCN(C)C2)C1.CC(=O)N1CCc2c(c(Nc3cccc(C)c3)nn2CCC2CCCNC2)C1. The summed E-state index contributed by atoms with van der Waals surface area (Å²) in [4.78, 5) is 57.4. The Morgan fingerprint density at radius 1 is 0.471 bits per heavy atom. The van der Waals surface area contributed by atoms with Gasteiger partial charge in [-0.1, -0.05) is 48.5 Å². The number of amides is 4. The number of hydrogen-bond acceptors (Lipinski definition) is 15. The van der Waals surface area contributed by atoms with Gasteiger partial charge in [0.15, 0.2) is 23.3 Å². The van der Waals surface area contributed by atoms with Crippen molar-refractivity contribution in [3.05, 3.63) is 164 Å². The maximum Gasteiger partial charge on any atom is 0.219 e. The van der Waals surface area contributed by atoms with Gasteiger partial charge in [-0.25, -0.2) is 0 Å². The van der Waals surface area contributed by atoms with Gasteiger partial charge in [0.1, 0.15) is 0 Å². The number of benzene rings is 4. The zero-order valence-electron chi connectivity index (χ0n) is 62.7. The van der Waals surface area contributed by atoms with Gasteiger partial charge < -0.3 is 51.1 Å². The number of piperidine rings is 2. The number of aryl methyl sites for hydroxylation is 7. The molecule has 2 saturated heterocycles. The van der Waals surface area contributed by atoms with Crippen molar-refractivity contribution in [1.82, 2.24) is 68.9 Å². The van der Waals surface area contributed by atoms with Crippen LogP contribution in [0.25, 0.3) is 0 Å². The van der Waals surface area contributed by atoms with Crippen molar-refractivity contribution in [1.29, 1.82) is 5.26 Å². The summed E-state index contributed by atoms with van der Waals surface area (Å²) >= 11 is 0. The topological polar surface area (TPSA) is 240 Å². The third-order valence-corrected chi connectivity index (χ3v) is 21.3. The summed E-state index contributed by atoms with van der Waals surface area (Å²) < 4.78 is 8.51. The lowest BCUT2D eigenvalue weighted by Gasteiger charge is -2.30. The van der Waals surface area contributed by atoms with E-state index in [1.807, 2.05) is 55.5 Å². The Bertz CT molecular complexity index is 4370. The molecule has 104 heavy (non-hydrogen) atoms. The van der Waals surface area contributed by atoms with Crippen LogP contribution in [0.5, 0.6) is 0 Å². The van der Waals surface area contributed by atoms with E-state index in [0.717, 1.165) is 147 Å². The number of hydrogen-bond donors (Lipinski definition) is 5. The van der Waals surface area contributed by atoms with E-state index in [4.69, 9.17) is 20.6 Å². The van der Waals surface area contributed by atoms with Crippen LogP contribution in [-0.2, 0) is 90.7 Å². The van der Waals surface area contributed by atoms with Gasteiger partial charge in [0, 0.05) is 167 Å². The maximum atomic E-state index is 12.0. The van der Waals surface area contributed by atoms with Crippen molar-refractivity contribution in [2.24, 2.45) is 11.8 Å². The van der Waals surface area contributed by atoms with Crippen molar-refractivity contribution in [3.63, 3.8) is 0 Å². The van der Waals surface area contributed by atoms with Crippen molar-refractivity contribution in [2.75, 3.05) is 80.7 Å². The average Bonchev–Trinajstić information content (AvgIpc) is 1.63. The first-order valence-electron chi connectivity index (χ1n) is 37.8. The van der Waals surface area contributed by atoms with Crippen molar-refractivity contribution < 1.29 is 19.2 Å². The standard InChI is InChI=1S/C23H33N5O.C22H31N5O.C18H21N5O.C18H22N4O/c1-17-6-4-8-20(14-17)24-23-21-16-27(18(2)29)12-10-22(21)28(25-23)13-9-19-7-5-11-26(3)15-19;1-16-5-3-7-19(13-16)24-22-20-15-26(17(2)28)11-9-21(20)27(25-22)12-8-18-6-4-10-23-14-18;1-13-5-3-6-15(11-13)20-18-16-12-22(14(2)24)10-7-17(16)23(21-18)9-4-8-19;1-12-4-3-5-14(10-12)19-18-16-11-21(13(2)23)9-8-17(16)22(20-18)15-6-7-15/h4,6,8,14,19H,5,7,9-13,15-16H2,1-3H3,(H,24,25);3,5,7,13,18,23H,4,6,8-12,14-15H2,1-2H3,(H,24,25);3,5-6,11H,4,7,9-10,12H2,1-2H3,(H,20,21);3-5,10,15H,6-9,11H2,1-2H3,(H,19,20). The Labute approximate surface area is 613 Å². The third-order valence-electron chi connectivity index (χ3n) is 21.3. The van der Waals surface area contributed by atoms with Crippen LogP contribution in [0.4, 0.5) is 46.0 Å². The first-order valence-corrected chi connectivity index (χ1v) is 37.8. The predicted octanol–water partition coefficient (Wildman–Crippen LogP) is 12.7. The van der Waals surface area contributed by atoms with E-state index in [-0.39, 0.29) is 23.6 Å². The van der Waals surface area contributed by atoms with Crippen molar-refractivity contribution in [3.8, 4) is 6.07 Å². The summed E-state index contributed by atoms with van der Waals surface area (Å²) in [5.41, 5.74) is 18.5. The first-order chi connectivity index (χ1) is 50.3. The van der Waals surface area contributed by atoms with Gasteiger partial charge >= 0.3 is 0 Å². The zero-order valence-corrected chi connectivity index (χ0v) is 62.7. The van der Waals surface area contributed by atoms with E-state index in [0.29, 0.717) is 51.7 Å². The Kier molecular flexibility index (Phi) is 24.3. The summed E-state index contributed by atoms with van der Waals surface area (Å²) in [7, 11) is 2.22. The number of nitrogens with zero attached hydrogens (tertiary/aromatic N) is 14. The molecule has 0 bridgehead atoms. The van der Waals surface area contributed by atoms with Gasteiger partial charge in [-0.15, -0.1) is 0 Å². The van der Waals surface area contributed by atoms with Crippen LogP contribution in [0.3, 0.4) is 0 Å². The number of carbonyl (C=O) groups excluding carboxylic acids is 4. The van der Waals surface area contributed by atoms with Crippen molar-refractivity contribution in [2.45, 2.75) is 191 Å². The molecular weight excluding hydrogens is 1300 g/mol. The average molecular weight is 1410 g/mol. The molecule has 5 N–H and O–H groups in total. The smallest absolute Gasteiger partial charge is 0.219 e. The van der Waals surface area contributed by atoms with Crippen LogP contribution < -0.4 is 26.6 Å². The largest absolute Gasteiger partial charge is 0.338 e. The summed E-state index contributed by atoms with van der Waals surface area (Å²) in [6.45, 7) is 27.6. The summed E-state index contributed by atoms with van der Waals surface area (Å²) in [6.07, 6.45) is 13.8. The maximum absolute atomic E-state index is 12.0. The van der Waals surface area contributed by atoms with Gasteiger partial charge in [-0.3, -0.25) is 37.9 Å². The van der Waals surface area contributed by atoms with Crippen LogP contribution >= 0.6 is 0 Å². The Hall–Kier alpha value is -9.79. The number of nitrogens with one attached hydrogen (secondary N) is 5. The minimum absolute atomic E-state index is 0.0759. The molecule has 23 nitrogen and oxygen atoms in total. The van der Waals surface area contributed by atoms with Gasteiger partial charge in [-0.05, 0) is 188 Å². The number of anilines is 8. The summed E-state index contributed by atoms with van der Waals surface area (Å²) in [5, 5.41) is 45.7. The first kappa shape index (κ1) is 73.9. The molecule has 4 amide bonds. The zero-order chi connectivity index (χ0) is 73.0. The lowest BCUT2D eigenvalue weighted by Crippen LogP contribution is -2.35. The quantitative estimate of drug-likeness (QED) is 0.0570. The molecule has 0 radical (unpaired) electrons. The van der Waals surface area contributed by atoms with Crippen LogP contribution in [-0.4, -0.2) is 147 Å². The molecular formula is C81H107N19O4. The molecule has 8 aromatic rings. The van der Waals surface area contributed by atoms with E-state index in [9.17, 15) is 19.2 Å². The number of aromatic nitrogens is 8. The molecule has 3 fully saturated rings. The number of rotatable bonds is 17. The molecule has 2 atom stereocenters. The molecule has 10 heterocycles. The number of nitriles is 1. The monoisotopic (exact) mass is 1410 g/mol. The molecule has 23 heteroatoms. The van der Waals surface area contributed by atoms with Gasteiger partial charge in [-0.2, -0.15) is 25.7 Å². The molecule has 4 aromatic heterocycles. The highest BCUT2D eigenvalue weighted by Crippen LogP contribution is 2.40. The minimum Gasteiger partial charge on any atom is -0.338 e. The summed E-state index contributed by atoms with van der Waals surface area (Å²) in [5.74, 6) is 5.44. The van der Waals surface area contributed by atoms with Crippen LogP contribution in [0.2, 0.25) is 0 Å². The fourth-order valence-electron chi connectivity index (χ4n) is 15.5. The molecule has 1 aliphatic carbocycles. The van der Waals surface area contributed by atoms with Gasteiger partial charge in [0.05, 0.1) is 51.3 Å². The van der Waals surface area contributed by atoms with E-state index >= 15 is 0 Å². The second-order valence-electron chi connectivity index (χ2n) is 29.6. The second kappa shape index (κ2) is 34.2. The third kappa shape index (κ3) is 18.9. The lowest BCUT2D eigenvalue weighted by atomic mass is 9.95. The molecule has 0 spiro atoms. The highest BCUT2D eigenvalue weighted by molar-refractivity contribution is 5.77. The molecule has 15 rings (SSSR count). The molecule has 7 aliphatic rings. The van der Waals surface area contributed by atoms with Crippen LogP contribution in [0.15, 0.2) is 97.1 Å². The molecule has 1 saturated carbocycles. The molecule has 6 aliphatic heterocycles. The van der Waals surface area contributed by atoms with E-state index in [1.165, 1.54) is 114 Å². The number of fused-ring (bicyclic) bond motifs is 4. The second-order valence-corrected chi connectivity index (χ2v) is 29.6. The predicted molar refractivity (Wildman–Crippen MR) is 409 cm³/mol. The lowest BCUT2D eigenvalue weighted by molar-refractivity contribution is -0.130. The molecule has 550 valence electrons.